The van der Waals surface area contributed by atoms with Gasteiger partial charge in [0.15, 0.2) is 0 Å². The first-order chi connectivity index (χ1) is 8.07. The lowest BCUT2D eigenvalue weighted by Crippen LogP contribution is -2.15. The summed E-state index contributed by atoms with van der Waals surface area (Å²) in [5.41, 5.74) is 10.9. The lowest BCUT2D eigenvalue weighted by molar-refractivity contribution is -0.118. The van der Waals surface area contributed by atoms with Crippen molar-refractivity contribution in [2.45, 2.75) is 58.3 Å². The molecule has 0 aromatic heterocycles. The molecule has 4 heteroatoms. The van der Waals surface area contributed by atoms with Crippen LogP contribution >= 0.6 is 0 Å². The summed E-state index contributed by atoms with van der Waals surface area (Å²) in [4.78, 5) is 21.7. The third kappa shape index (κ3) is 9.60. The van der Waals surface area contributed by atoms with Crippen molar-refractivity contribution in [3.63, 3.8) is 0 Å². The van der Waals surface area contributed by atoms with E-state index in [1.165, 1.54) is 19.3 Å². The molecular formula is C13H24N2O2. The largest absolute Gasteiger partial charge is 0.370 e. The highest BCUT2D eigenvalue weighted by Gasteiger charge is 2.05. The first-order valence-corrected chi connectivity index (χ1v) is 6.35. The van der Waals surface area contributed by atoms with Crippen molar-refractivity contribution >= 4 is 11.8 Å². The highest BCUT2D eigenvalue weighted by molar-refractivity contribution is 5.91. The Kier molecular flexibility index (Phi) is 9.11. The van der Waals surface area contributed by atoms with Crippen LogP contribution in [0.3, 0.4) is 0 Å². The Labute approximate surface area is 103 Å². The molecule has 0 radical (unpaired) electrons. The van der Waals surface area contributed by atoms with Crippen LogP contribution in [0, 0.1) is 0 Å². The van der Waals surface area contributed by atoms with Gasteiger partial charge >= 0.3 is 0 Å². The van der Waals surface area contributed by atoms with Crippen molar-refractivity contribution in [2.24, 2.45) is 11.5 Å². The molecule has 0 heterocycles. The van der Waals surface area contributed by atoms with Crippen LogP contribution in [0.25, 0.3) is 0 Å². The van der Waals surface area contributed by atoms with Crippen LogP contribution < -0.4 is 11.5 Å². The van der Waals surface area contributed by atoms with E-state index in [0.29, 0.717) is 24.8 Å². The number of amides is 2. The third-order valence-electron chi connectivity index (χ3n) is 2.63. The van der Waals surface area contributed by atoms with E-state index in [-0.39, 0.29) is 11.8 Å². The smallest absolute Gasteiger partial charge is 0.244 e. The summed E-state index contributed by atoms with van der Waals surface area (Å²) >= 11 is 0. The van der Waals surface area contributed by atoms with Crippen LogP contribution in [0.4, 0.5) is 0 Å². The highest BCUT2D eigenvalue weighted by atomic mass is 16.1. The zero-order valence-electron chi connectivity index (χ0n) is 10.7. The molecule has 98 valence electrons. The van der Waals surface area contributed by atoms with Gasteiger partial charge < -0.3 is 11.5 Å². The zero-order valence-corrected chi connectivity index (χ0v) is 10.7. The van der Waals surface area contributed by atoms with Gasteiger partial charge in [-0.1, -0.05) is 32.3 Å². The number of hydrogen-bond acceptors (Lipinski definition) is 2. The van der Waals surface area contributed by atoms with Crippen molar-refractivity contribution in [2.75, 3.05) is 0 Å². The third-order valence-corrected chi connectivity index (χ3v) is 2.63. The fraction of sp³-hybridized carbons (Fsp3) is 0.692. The van der Waals surface area contributed by atoms with Crippen LogP contribution in [-0.4, -0.2) is 11.8 Å². The Morgan fingerprint density at radius 1 is 1.00 bits per heavy atom. The van der Waals surface area contributed by atoms with E-state index in [1.54, 1.807) is 0 Å². The summed E-state index contributed by atoms with van der Waals surface area (Å²) in [5.74, 6) is -0.721. The Morgan fingerprint density at radius 2 is 1.71 bits per heavy atom. The summed E-state index contributed by atoms with van der Waals surface area (Å²) in [5, 5.41) is 0. The number of allylic oxidation sites excluding steroid dienone is 1. The normalized spacial score (nSPS) is 11.5. The molecule has 0 bridgehead atoms. The summed E-state index contributed by atoms with van der Waals surface area (Å²) in [6.07, 6.45) is 8.92. The summed E-state index contributed by atoms with van der Waals surface area (Å²) in [6, 6.07) is 0. The average molecular weight is 240 g/mol. The summed E-state index contributed by atoms with van der Waals surface area (Å²) < 4.78 is 0. The highest BCUT2D eigenvalue weighted by Crippen LogP contribution is 2.10. The fourth-order valence-electron chi connectivity index (χ4n) is 1.63. The maximum atomic E-state index is 11.1. The first-order valence-electron chi connectivity index (χ1n) is 6.35. The summed E-state index contributed by atoms with van der Waals surface area (Å²) in [7, 11) is 0. The van der Waals surface area contributed by atoms with Crippen LogP contribution in [0.15, 0.2) is 11.6 Å². The van der Waals surface area contributed by atoms with E-state index in [2.05, 4.69) is 6.92 Å². The molecule has 0 aromatic carbocycles. The SMILES string of the molecule is CCCCCCC=C(CCCC(N)=O)C(N)=O. The van der Waals surface area contributed by atoms with Crippen LogP contribution in [-0.2, 0) is 9.59 Å². The second-order valence-electron chi connectivity index (χ2n) is 4.26. The van der Waals surface area contributed by atoms with Gasteiger partial charge in [0.25, 0.3) is 0 Å². The van der Waals surface area contributed by atoms with Gasteiger partial charge in [0, 0.05) is 12.0 Å². The zero-order chi connectivity index (χ0) is 13.1. The molecule has 0 spiro atoms. The van der Waals surface area contributed by atoms with Crippen molar-refractivity contribution < 1.29 is 9.59 Å². The van der Waals surface area contributed by atoms with Crippen LogP contribution in [0.1, 0.15) is 58.3 Å². The summed E-state index contributed by atoms with van der Waals surface area (Å²) in [6.45, 7) is 2.16. The van der Waals surface area contributed by atoms with E-state index < -0.39 is 0 Å². The molecule has 4 nitrogen and oxygen atoms in total. The molecule has 0 aliphatic heterocycles. The predicted molar refractivity (Wildman–Crippen MR) is 69.1 cm³/mol. The number of carbonyl (C=O) groups is 2. The minimum atomic E-state index is -0.384. The predicted octanol–water partition coefficient (Wildman–Crippen LogP) is 2.02. The number of nitrogens with two attached hydrogens (primary N) is 2. The van der Waals surface area contributed by atoms with E-state index >= 15 is 0 Å². The molecule has 17 heavy (non-hydrogen) atoms. The molecule has 0 aliphatic rings. The Hall–Kier alpha value is -1.32. The van der Waals surface area contributed by atoms with E-state index in [4.69, 9.17) is 11.5 Å². The maximum Gasteiger partial charge on any atom is 0.244 e. The molecule has 0 aromatic rings. The number of hydrogen-bond donors (Lipinski definition) is 2. The van der Waals surface area contributed by atoms with Crippen molar-refractivity contribution in [3.8, 4) is 0 Å². The van der Waals surface area contributed by atoms with Gasteiger partial charge in [-0.05, 0) is 25.7 Å². The molecule has 2 amide bonds. The molecule has 0 saturated heterocycles. The minimum Gasteiger partial charge on any atom is -0.370 e. The Morgan fingerprint density at radius 3 is 2.24 bits per heavy atom. The van der Waals surface area contributed by atoms with Crippen molar-refractivity contribution in [1.29, 1.82) is 0 Å². The molecule has 0 rings (SSSR count). The fourth-order valence-corrected chi connectivity index (χ4v) is 1.63. The average Bonchev–Trinajstić information content (AvgIpc) is 2.25. The van der Waals surface area contributed by atoms with E-state index in [1.807, 2.05) is 6.08 Å². The number of unbranched alkanes of at least 4 members (excludes halogenated alkanes) is 4. The number of carbonyl (C=O) groups excluding carboxylic acids is 2. The lowest BCUT2D eigenvalue weighted by Gasteiger charge is -2.03. The Balaban J connectivity index is 3.91. The van der Waals surface area contributed by atoms with Crippen molar-refractivity contribution in [3.05, 3.63) is 11.6 Å². The second kappa shape index (κ2) is 9.87. The van der Waals surface area contributed by atoms with Crippen LogP contribution in [0.2, 0.25) is 0 Å². The number of rotatable bonds is 10. The standard InChI is InChI=1S/C13H24N2O2/c1-2-3-4-5-6-8-11(13(15)17)9-7-10-12(14)16/h8H,2-7,9-10H2,1H3,(H2,14,16)(H2,15,17). The molecule has 0 unspecified atom stereocenters. The number of primary amides is 2. The molecular weight excluding hydrogens is 216 g/mol. The Bertz CT molecular complexity index is 273. The molecule has 0 fully saturated rings. The maximum absolute atomic E-state index is 11.1. The lowest BCUT2D eigenvalue weighted by atomic mass is 10.0. The monoisotopic (exact) mass is 240 g/mol. The van der Waals surface area contributed by atoms with E-state index in [0.717, 1.165) is 12.8 Å². The van der Waals surface area contributed by atoms with Crippen LogP contribution in [0.5, 0.6) is 0 Å². The van der Waals surface area contributed by atoms with Gasteiger partial charge in [0.05, 0.1) is 0 Å². The van der Waals surface area contributed by atoms with Gasteiger partial charge in [-0.2, -0.15) is 0 Å². The van der Waals surface area contributed by atoms with E-state index in [9.17, 15) is 9.59 Å². The van der Waals surface area contributed by atoms with Gasteiger partial charge in [0.1, 0.15) is 0 Å². The van der Waals surface area contributed by atoms with Gasteiger partial charge in [-0.3, -0.25) is 9.59 Å². The quantitative estimate of drug-likeness (QED) is 0.452. The molecule has 4 N–H and O–H groups in total. The van der Waals surface area contributed by atoms with Crippen molar-refractivity contribution in [1.82, 2.24) is 0 Å². The molecule has 0 atom stereocenters. The second-order valence-corrected chi connectivity index (χ2v) is 4.26. The van der Waals surface area contributed by atoms with Gasteiger partial charge in [-0.15, -0.1) is 0 Å². The first kappa shape index (κ1) is 15.7. The minimum absolute atomic E-state index is 0.306. The van der Waals surface area contributed by atoms with Gasteiger partial charge in [0.2, 0.25) is 11.8 Å². The molecule has 0 saturated carbocycles. The van der Waals surface area contributed by atoms with Gasteiger partial charge in [-0.25, -0.2) is 0 Å². The molecule has 0 aliphatic carbocycles. The topological polar surface area (TPSA) is 86.2 Å².